The second-order valence-corrected chi connectivity index (χ2v) is 6.05. The molecule has 116 valence electrons. The molecule has 0 aromatic rings. The summed E-state index contributed by atoms with van der Waals surface area (Å²) in [7, 11) is 3.21. The molecule has 0 saturated heterocycles. The van der Waals surface area contributed by atoms with Gasteiger partial charge in [0, 0.05) is 20.2 Å². The molecule has 2 N–H and O–H groups in total. The largest absolute Gasteiger partial charge is 0.465 e. The maximum atomic E-state index is 12.0. The normalized spacial score (nSPS) is 26.1. The number of methoxy groups -OCH3 is 1. The molecule has 3 atom stereocenters. The smallest absolute Gasteiger partial charge is 0.410 e. The fraction of sp³-hybridized carbons (Fsp3) is 0.846. The number of amides is 2. The van der Waals surface area contributed by atoms with Gasteiger partial charge in [0.15, 0.2) is 0 Å². The Morgan fingerprint density at radius 2 is 1.90 bits per heavy atom. The van der Waals surface area contributed by atoms with Gasteiger partial charge < -0.3 is 24.8 Å². The summed E-state index contributed by atoms with van der Waals surface area (Å²) in [5.41, 5.74) is -0.564. The van der Waals surface area contributed by atoms with E-state index in [4.69, 9.17) is 14.6 Å². The van der Waals surface area contributed by atoms with Crippen molar-refractivity contribution in [3.8, 4) is 0 Å². The molecule has 0 radical (unpaired) electrons. The summed E-state index contributed by atoms with van der Waals surface area (Å²) in [6.07, 6.45) is -0.642. The lowest BCUT2D eigenvalue weighted by atomic mass is 10.2. The van der Waals surface area contributed by atoms with Crippen LogP contribution in [0.15, 0.2) is 0 Å². The average molecular weight is 288 g/mol. The fourth-order valence-corrected chi connectivity index (χ4v) is 2.40. The number of rotatable bonds is 3. The Morgan fingerprint density at radius 1 is 1.30 bits per heavy atom. The van der Waals surface area contributed by atoms with Gasteiger partial charge >= 0.3 is 12.2 Å². The first kappa shape index (κ1) is 16.6. The van der Waals surface area contributed by atoms with Crippen molar-refractivity contribution in [2.45, 2.75) is 57.4 Å². The van der Waals surface area contributed by atoms with Gasteiger partial charge in [-0.25, -0.2) is 9.59 Å². The highest BCUT2D eigenvalue weighted by Gasteiger charge is 2.40. The summed E-state index contributed by atoms with van der Waals surface area (Å²) in [5.74, 6) is 0. The van der Waals surface area contributed by atoms with Gasteiger partial charge in [-0.3, -0.25) is 0 Å². The van der Waals surface area contributed by atoms with Gasteiger partial charge in [-0.1, -0.05) is 0 Å². The highest BCUT2D eigenvalue weighted by molar-refractivity contribution is 5.68. The van der Waals surface area contributed by atoms with E-state index in [-0.39, 0.29) is 18.2 Å². The highest BCUT2D eigenvalue weighted by atomic mass is 16.6. The molecule has 20 heavy (non-hydrogen) atoms. The molecule has 7 heteroatoms. The number of nitrogens with one attached hydrogen (secondary N) is 1. The molecule has 0 aromatic carbocycles. The van der Waals surface area contributed by atoms with E-state index in [0.717, 1.165) is 0 Å². The van der Waals surface area contributed by atoms with Crippen molar-refractivity contribution in [1.82, 2.24) is 10.2 Å². The number of hydrogen-bond donors (Lipinski definition) is 2. The molecule has 1 saturated carbocycles. The van der Waals surface area contributed by atoms with Crippen LogP contribution in [0.5, 0.6) is 0 Å². The van der Waals surface area contributed by atoms with Crippen molar-refractivity contribution in [2.75, 3.05) is 14.2 Å². The summed E-state index contributed by atoms with van der Waals surface area (Å²) >= 11 is 0. The summed E-state index contributed by atoms with van der Waals surface area (Å²) < 4.78 is 10.7. The molecule has 0 aromatic heterocycles. The topological polar surface area (TPSA) is 88.1 Å². The zero-order valence-corrected chi connectivity index (χ0v) is 12.7. The van der Waals surface area contributed by atoms with E-state index in [1.165, 1.54) is 4.90 Å². The van der Waals surface area contributed by atoms with Crippen molar-refractivity contribution in [2.24, 2.45) is 0 Å². The standard InChI is InChI=1S/C13H24N2O5/c1-13(2,3)20-12(18)15(4)9-6-8(14-11(16)17)7-10(9)19-5/h8-10,14H,6-7H2,1-5H3,(H,16,17)/t8-,9+,10-/m1/s1. The van der Waals surface area contributed by atoms with E-state index in [0.29, 0.717) is 12.8 Å². The molecule has 0 unspecified atom stereocenters. The molecular formula is C13H24N2O5. The predicted octanol–water partition coefficient (Wildman–Crippen LogP) is 1.67. The first-order valence-corrected chi connectivity index (χ1v) is 6.62. The molecule has 0 bridgehead atoms. The lowest BCUT2D eigenvalue weighted by Gasteiger charge is -2.31. The van der Waals surface area contributed by atoms with Crippen LogP contribution in [0.4, 0.5) is 9.59 Å². The van der Waals surface area contributed by atoms with E-state index < -0.39 is 17.8 Å². The quantitative estimate of drug-likeness (QED) is 0.824. The molecule has 1 rings (SSSR count). The summed E-state index contributed by atoms with van der Waals surface area (Å²) in [5, 5.41) is 11.2. The van der Waals surface area contributed by atoms with E-state index in [1.54, 1.807) is 34.9 Å². The Labute approximate surface area is 119 Å². The molecule has 0 spiro atoms. The fourth-order valence-electron chi connectivity index (χ4n) is 2.40. The molecule has 1 aliphatic rings. The van der Waals surface area contributed by atoms with E-state index >= 15 is 0 Å². The van der Waals surface area contributed by atoms with Gasteiger partial charge in [0.05, 0.1) is 12.1 Å². The van der Waals surface area contributed by atoms with Crippen molar-refractivity contribution >= 4 is 12.2 Å². The summed E-state index contributed by atoms with van der Waals surface area (Å²) in [6, 6.07) is -0.418. The van der Waals surface area contributed by atoms with Gasteiger partial charge in [-0.2, -0.15) is 0 Å². The van der Waals surface area contributed by atoms with Crippen LogP contribution >= 0.6 is 0 Å². The van der Waals surface area contributed by atoms with Crippen LogP contribution in [-0.4, -0.2) is 60.1 Å². The van der Waals surface area contributed by atoms with Crippen LogP contribution in [0.3, 0.4) is 0 Å². The lowest BCUT2D eigenvalue weighted by Crippen LogP contribution is -2.45. The number of carbonyl (C=O) groups excluding carboxylic acids is 1. The van der Waals surface area contributed by atoms with Crippen molar-refractivity contribution in [3.63, 3.8) is 0 Å². The molecular weight excluding hydrogens is 264 g/mol. The van der Waals surface area contributed by atoms with Crippen molar-refractivity contribution in [1.29, 1.82) is 0 Å². The molecule has 1 fully saturated rings. The van der Waals surface area contributed by atoms with Gasteiger partial charge in [0.25, 0.3) is 0 Å². The second kappa shape index (κ2) is 6.30. The third-order valence-electron chi connectivity index (χ3n) is 3.28. The Morgan fingerprint density at radius 3 is 2.35 bits per heavy atom. The minimum Gasteiger partial charge on any atom is -0.465 e. The Balaban J connectivity index is 2.68. The van der Waals surface area contributed by atoms with Crippen molar-refractivity contribution in [3.05, 3.63) is 0 Å². The number of ether oxygens (including phenoxy) is 2. The zero-order valence-electron chi connectivity index (χ0n) is 12.7. The molecule has 0 aliphatic heterocycles. The predicted molar refractivity (Wildman–Crippen MR) is 72.8 cm³/mol. The van der Waals surface area contributed by atoms with E-state index in [1.807, 2.05) is 0 Å². The maximum Gasteiger partial charge on any atom is 0.410 e. The maximum absolute atomic E-state index is 12.0. The Hall–Kier alpha value is -1.50. The van der Waals surface area contributed by atoms with Gasteiger partial charge in [0.2, 0.25) is 0 Å². The molecule has 1 aliphatic carbocycles. The highest BCUT2D eigenvalue weighted by Crippen LogP contribution is 2.27. The van der Waals surface area contributed by atoms with E-state index in [9.17, 15) is 9.59 Å². The summed E-state index contributed by atoms with van der Waals surface area (Å²) in [4.78, 5) is 24.2. The van der Waals surface area contributed by atoms with Crippen LogP contribution < -0.4 is 5.32 Å². The molecule has 7 nitrogen and oxygen atoms in total. The van der Waals surface area contributed by atoms with Crippen LogP contribution in [0.1, 0.15) is 33.6 Å². The third-order valence-corrected chi connectivity index (χ3v) is 3.28. The van der Waals surface area contributed by atoms with Gasteiger partial charge in [-0.05, 0) is 33.6 Å². The van der Waals surface area contributed by atoms with Crippen LogP contribution in [0, 0.1) is 0 Å². The zero-order chi connectivity index (χ0) is 15.5. The number of nitrogens with zero attached hydrogens (tertiary/aromatic N) is 1. The first-order valence-electron chi connectivity index (χ1n) is 6.62. The minimum atomic E-state index is -1.06. The Bertz CT molecular complexity index is 366. The minimum absolute atomic E-state index is 0.202. The van der Waals surface area contributed by atoms with Crippen LogP contribution in [0.2, 0.25) is 0 Å². The SMILES string of the molecule is CO[C@@H]1C[C@H](NC(=O)O)C[C@@H]1N(C)C(=O)OC(C)(C)C. The monoisotopic (exact) mass is 288 g/mol. The first-order chi connectivity index (χ1) is 9.14. The number of hydrogen-bond acceptors (Lipinski definition) is 4. The number of carboxylic acid groups (broad SMARTS) is 1. The van der Waals surface area contributed by atoms with Gasteiger partial charge in [0.1, 0.15) is 5.60 Å². The number of likely N-dealkylation sites (N-methyl/N-ethyl adjacent to an activating group) is 1. The lowest BCUT2D eigenvalue weighted by molar-refractivity contribution is -0.000469. The Kier molecular flexibility index (Phi) is 5.21. The summed E-state index contributed by atoms with van der Waals surface area (Å²) in [6.45, 7) is 5.40. The number of carbonyl (C=O) groups is 2. The van der Waals surface area contributed by atoms with Crippen molar-refractivity contribution < 1.29 is 24.2 Å². The van der Waals surface area contributed by atoms with E-state index in [2.05, 4.69) is 5.32 Å². The molecule has 2 amide bonds. The van der Waals surface area contributed by atoms with Crippen LogP contribution in [-0.2, 0) is 9.47 Å². The van der Waals surface area contributed by atoms with Gasteiger partial charge in [-0.15, -0.1) is 0 Å². The second-order valence-electron chi connectivity index (χ2n) is 6.05. The molecule has 0 heterocycles. The average Bonchev–Trinajstić information content (AvgIpc) is 2.67. The third kappa shape index (κ3) is 4.56. The van der Waals surface area contributed by atoms with Crippen LogP contribution in [0.25, 0.3) is 0 Å².